The zero-order chi connectivity index (χ0) is 23.9. The summed E-state index contributed by atoms with van der Waals surface area (Å²) in [6.07, 6.45) is 3.20. The van der Waals surface area contributed by atoms with Gasteiger partial charge in [0.1, 0.15) is 16.8 Å². The molecule has 5 aromatic rings. The lowest BCUT2D eigenvalue weighted by Gasteiger charge is -2.21. The van der Waals surface area contributed by atoms with E-state index in [-0.39, 0.29) is 11.3 Å². The zero-order valence-electron chi connectivity index (χ0n) is 19.1. The smallest absolute Gasteiger partial charge is 0.240 e. The number of thioether (sulfide) groups is 1. The summed E-state index contributed by atoms with van der Waals surface area (Å²) in [5.74, 6) is 1.82. The molecule has 0 spiro atoms. The molecule has 1 saturated heterocycles. The van der Waals surface area contributed by atoms with Gasteiger partial charge in [0.05, 0.1) is 41.0 Å². The molecule has 1 aliphatic heterocycles. The molecule has 0 N–H and O–H groups in total. The van der Waals surface area contributed by atoms with Crippen LogP contribution < -0.4 is 4.90 Å². The summed E-state index contributed by atoms with van der Waals surface area (Å²) in [5.41, 5.74) is 4.87. The lowest BCUT2D eigenvalue weighted by molar-refractivity contribution is -0.116. The van der Waals surface area contributed by atoms with Gasteiger partial charge in [-0.1, -0.05) is 18.2 Å². The average molecular weight is 484 g/mol. The number of nitrogens with zero attached hydrogens (tertiary/aromatic N) is 5. The van der Waals surface area contributed by atoms with E-state index in [0.717, 1.165) is 22.6 Å². The van der Waals surface area contributed by atoms with Crippen molar-refractivity contribution in [1.29, 1.82) is 0 Å². The number of carbonyl (C=O) groups excluding carboxylic acids is 1. The van der Waals surface area contributed by atoms with Crippen LogP contribution in [-0.4, -0.2) is 31.4 Å². The molecule has 0 radical (unpaired) electrons. The molecule has 35 heavy (non-hydrogen) atoms. The molecular formula is C26H21N5O3S. The van der Waals surface area contributed by atoms with E-state index in [1.807, 2.05) is 79.2 Å². The Kier molecular flexibility index (Phi) is 5.26. The van der Waals surface area contributed by atoms with Crippen LogP contribution in [0.3, 0.4) is 0 Å². The Balaban J connectivity index is 1.53. The molecule has 1 amide bonds. The van der Waals surface area contributed by atoms with Gasteiger partial charge >= 0.3 is 0 Å². The molecule has 8 nitrogen and oxygen atoms in total. The van der Waals surface area contributed by atoms with Crippen molar-refractivity contribution in [3.05, 3.63) is 90.3 Å². The lowest BCUT2D eigenvalue weighted by Crippen LogP contribution is -2.29. The fraction of sp³-hybridized carbons (Fsp3) is 0.154. The number of benzene rings is 1. The predicted molar refractivity (Wildman–Crippen MR) is 133 cm³/mol. The average Bonchev–Trinajstić information content (AvgIpc) is 3.67. The number of furan rings is 2. The van der Waals surface area contributed by atoms with Crippen LogP contribution >= 0.6 is 11.8 Å². The normalized spacial score (nSPS) is 15.8. The summed E-state index contributed by atoms with van der Waals surface area (Å²) in [6.45, 7) is 3.97. The van der Waals surface area contributed by atoms with Gasteiger partial charge < -0.3 is 8.83 Å². The SMILES string of the molecule is Cc1nn(-c2ccccc2)c(C)c1-c1cc(-c2ccco2)nc(N2C(=O)CSC2c2ccco2)n1. The molecule has 4 aromatic heterocycles. The van der Waals surface area contributed by atoms with Crippen molar-refractivity contribution < 1.29 is 13.6 Å². The van der Waals surface area contributed by atoms with Crippen molar-refractivity contribution in [3.63, 3.8) is 0 Å². The molecule has 0 bridgehead atoms. The van der Waals surface area contributed by atoms with Gasteiger partial charge in [0.25, 0.3) is 0 Å². The van der Waals surface area contributed by atoms with Crippen LogP contribution in [0.2, 0.25) is 0 Å². The van der Waals surface area contributed by atoms with E-state index in [9.17, 15) is 4.79 Å². The third-order valence-electron chi connectivity index (χ3n) is 5.91. The Hall–Kier alpha value is -4.11. The van der Waals surface area contributed by atoms with Crippen LogP contribution in [-0.2, 0) is 4.79 Å². The number of carbonyl (C=O) groups is 1. The Morgan fingerprint density at radius 1 is 0.943 bits per heavy atom. The van der Waals surface area contributed by atoms with Gasteiger partial charge in [-0.3, -0.25) is 9.69 Å². The van der Waals surface area contributed by atoms with Gasteiger partial charge in [0.15, 0.2) is 5.76 Å². The summed E-state index contributed by atoms with van der Waals surface area (Å²) in [7, 11) is 0. The highest BCUT2D eigenvalue weighted by atomic mass is 32.2. The molecule has 0 saturated carbocycles. The molecule has 6 rings (SSSR count). The first-order valence-electron chi connectivity index (χ1n) is 11.1. The number of aromatic nitrogens is 4. The molecule has 1 aromatic carbocycles. The summed E-state index contributed by atoms with van der Waals surface area (Å²) in [4.78, 5) is 24.2. The Bertz CT molecular complexity index is 1490. The highest BCUT2D eigenvalue weighted by molar-refractivity contribution is 8.00. The first-order chi connectivity index (χ1) is 17.1. The van der Waals surface area contributed by atoms with Crippen molar-refractivity contribution in [2.75, 3.05) is 10.7 Å². The molecule has 9 heteroatoms. The largest absolute Gasteiger partial charge is 0.466 e. The summed E-state index contributed by atoms with van der Waals surface area (Å²) in [5, 5.41) is 4.44. The number of amides is 1. The summed E-state index contributed by atoms with van der Waals surface area (Å²) < 4.78 is 13.2. The third-order valence-corrected chi connectivity index (χ3v) is 7.08. The molecular weight excluding hydrogens is 462 g/mol. The highest BCUT2D eigenvalue weighted by Crippen LogP contribution is 2.42. The molecule has 1 unspecified atom stereocenters. The van der Waals surface area contributed by atoms with Crippen LogP contribution in [0.5, 0.6) is 0 Å². The zero-order valence-corrected chi connectivity index (χ0v) is 19.9. The summed E-state index contributed by atoms with van der Waals surface area (Å²) >= 11 is 1.49. The van der Waals surface area contributed by atoms with Crippen LogP contribution in [0.25, 0.3) is 28.4 Å². The van der Waals surface area contributed by atoms with E-state index in [4.69, 9.17) is 23.9 Å². The van der Waals surface area contributed by atoms with E-state index in [2.05, 4.69) is 0 Å². The lowest BCUT2D eigenvalue weighted by atomic mass is 10.1. The standard InChI is InChI=1S/C26H21N5O3S/c1-16-24(17(2)31(29-16)18-8-4-3-5-9-18)20-14-19(21-10-6-12-33-21)27-26(28-20)30-23(32)15-35-25(30)22-11-7-13-34-22/h3-14,25H,15H2,1-2H3. The molecule has 5 heterocycles. The van der Waals surface area contributed by atoms with Gasteiger partial charge in [0, 0.05) is 5.56 Å². The number of hydrogen-bond donors (Lipinski definition) is 0. The second kappa shape index (κ2) is 8.59. The maximum atomic E-state index is 13.0. The second-order valence-corrected chi connectivity index (χ2v) is 9.22. The maximum Gasteiger partial charge on any atom is 0.240 e. The van der Waals surface area contributed by atoms with E-state index in [0.29, 0.717) is 34.6 Å². The molecule has 1 fully saturated rings. The third kappa shape index (κ3) is 3.74. The molecule has 174 valence electrons. The Labute approximate surface area is 205 Å². The molecule has 0 aliphatic carbocycles. The van der Waals surface area contributed by atoms with Gasteiger partial charge in [-0.2, -0.15) is 5.10 Å². The quantitative estimate of drug-likeness (QED) is 0.322. The van der Waals surface area contributed by atoms with Crippen LogP contribution in [0.1, 0.15) is 22.5 Å². The van der Waals surface area contributed by atoms with E-state index >= 15 is 0 Å². The summed E-state index contributed by atoms with van der Waals surface area (Å²) in [6, 6.07) is 19.2. The molecule has 1 atom stereocenters. The van der Waals surface area contributed by atoms with Crippen LogP contribution in [0.15, 0.2) is 82.0 Å². The van der Waals surface area contributed by atoms with Gasteiger partial charge in [-0.15, -0.1) is 11.8 Å². The number of hydrogen-bond acceptors (Lipinski definition) is 7. The highest BCUT2D eigenvalue weighted by Gasteiger charge is 2.38. The minimum absolute atomic E-state index is 0.0765. The minimum atomic E-state index is -0.341. The number of aryl methyl sites for hydroxylation is 1. The fourth-order valence-electron chi connectivity index (χ4n) is 4.34. The van der Waals surface area contributed by atoms with Crippen molar-refractivity contribution in [3.8, 4) is 28.4 Å². The second-order valence-electron chi connectivity index (χ2n) is 8.15. The van der Waals surface area contributed by atoms with Crippen molar-refractivity contribution in [1.82, 2.24) is 19.7 Å². The van der Waals surface area contributed by atoms with E-state index in [1.165, 1.54) is 11.8 Å². The van der Waals surface area contributed by atoms with E-state index < -0.39 is 0 Å². The van der Waals surface area contributed by atoms with Crippen LogP contribution in [0, 0.1) is 13.8 Å². The van der Waals surface area contributed by atoms with Crippen molar-refractivity contribution >= 4 is 23.6 Å². The number of rotatable bonds is 5. The Morgan fingerprint density at radius 2 is 1.71 bits per heavy atom. The minimum Gasteiger partial charge on any atom is -0.466 e. The topological polar surface area (TPSA) is 90.2 Å². The number of para-hydroxylation sites is 1. The predicted octanol–water partition coefficient (Wildman–Crippen LogP) is 5.58. The number of anilines is 1. The van der Waals surface area contributed by atoms with Gasteiger partial charge in [0.2, 0.25) is 11.9 Å². The molecule has 1 aliphatic rings. The van der Waals surface area contributed by atoms with Crippen molar-refractivity contribution in [2.45, 2.75) is 19.2 Å². The van der Waals surface area contributed by atoms with Crippen molar-refractivity contribution in [2.24, 2.45) is 0 Å². The van der Waals surface area contributed by atoms with Gasteiger partial charge in [-0.25, -0.2) is 14.6 Å². The first-order valence-corrected chi connectivity index (χ1v) is 12.2. The maximum absolute atomic E-state index is 13.0. The van der Waals surface area contributed by atoms with Gasteiger partial charge in [-0.05, 0) is 56.3 Å². The first kappa shape index (κ1) is 21.4. The Morgan fingerprint density at radius 3 is 2.46 bits per heavy atom. The van der Waals surface area contributed by atoms with Crippen LogP contribution in [0.4, 0.5) is 5.95 Å². The monoisotopic (exact) mass is 483 g/mol. The fourth-order valence-corrected chi connectivity index (χ4v) is 5.44. The van der Waals surface area contributed by atoms with E-state index in [1.54, 1.807) is 17.4 Å².